The van der Waals surface area contributed by atoms with E-state index in [4.69, 9.17) is 4.74 Å². The number of ether oxygens (including phenoxy) is 1. The molecule has 2 aliphatic rings. The van der Waals surface area contributed by atoms with E-state index in [0.717, 1.165) is 30.2 Å². The molecular weight excluding hydrogens is 318 g/mol. The fourth-order valence-corrected chi connectivity index (χ4v) is 4.28. The number of aliphatic carboxylic acids is 1. The number of benzene rings is 1. The van der Waals surface area contributed by atoms with Crippen molar-refractivity contribution in [3.05, 3.63) is 48.0 Å². The lowest BCUT2D eigenvalue weighted by atomic mass is 9.76. The average Bonchev–Trinajstić information content (AvgIpc) is 3.17. The van der Waals surface area contributed by atoms with E-state index >= 15 is 0 Å². The molecule has 2 aromatic rings. The lowest BCUT2D eigenvalue weighted by Crippen LogP contribution is -2.46. The van der Waals surface area contributed by atoms with Crippen LogP contribution < -0.4 is 0 Å². The van der Waals surface area contributed by atoms with Crippen LogP contribution in [0.4, 0.5) is 0 Å². The van der Waals surface area contributed by atoms with E-state index in [1.54, 1.807) is 0 Å². The maximum absolute atomic E-state index is 11.9. The topological polar surface area (TPSA) is 67.6 Å². The molecule has 6 heteroatoms. The summed E-state index contributed by atoms with van der Waals surface area (Å²) in [5.41, 5.74) is 1.41. The summed E-state index contributed by atoms with van der Waals surface area (Å²) in [4.78, 5) is 18.6. The zero-order valence-electron chi connectivity index (χ0n) is 14.4. The fraction of sp³-hybridized carbons (Fsp3) is 0.474. The Labute approximate surface area is 147 Å². The zero-order valence-corrected chi connectivity index (χ0v) is 14.4. The van der Waals surface area contributed by atoms with Crippen LogP contribution in [0.2, 0.25) is 0 Å². The number of carbonyl (C=O) groups is 1. The SMILES string of the molecule is Cc1ncc(CN2C[C@@H]3CCOC[C@]3(C(=O)O)C2)n1-c1ccccc1. The number of para-hydroxylation sites is 1. The van der Waals surface area contributed by atoms with Gasteiger partial charge in [-0.05, 0) is 31.4 Å². The minimum Gasteiger partial charge on any atom is -0.481 e. The monoisotopic (exact) mass is 341 g/mol. The number of likely N-dealkylation sites (tertiary alicyclic amines) is 1. The number of imidazole rings is 1. The van der Waals surface area contributed by atoms with E-state index in [0.29, 0.717) is 26.3 Å². The van der Waals surface area contributed by atoms with Crippen LogP contribution in [0.5, 0.6) is 0 Å². The van der Waals surface area contributed by atoms with Crippen molar-refractivity contribution in [2.24, 2.45) is 11.3 Å². The summed E-state index contributed by atoms with van der Waals surface area (Å²) >= 11 is 0. The quantitative estimate of drug-likeness (QED) is 0.922. The molecule has 1 N–H and O–H groups in total. The Kier molecular flexibility index (Phi) is 4.09. The minimum atomic E-state index is -0.759. The second-order valence-electron chi connectivity index (χ2n) is 7.14. The van der Waals surface area contributed by atoms with Gasteiger partial charge in [0.2, 0.25) is 0 Å². The molecule has 0 saturated carbocycles. The van der Waals surface area contributed by atoms with Crippen LogP contribution in [0, 0.1) is 18.3 Å². The summed E-state index contributed by atoms with van der Waals surface area (Å²) < 4.78 is 7.66. The highest BCUT2D eigenvalue weighted by Gasteiger charge is 2.54. The van der Waals surface area contributed by atoms with Gasteiger partial charge in [-0.2, -0.15) is 0 Å². The normalized spacial score (nSPS) is 26.5. The first kappa shape index (κ1) is 16.3. The second-order valence-corrected chi connectivity index (χ2v) is 7.14. The molecule has 2 fully saturated rings. The van der Waals surface area contributed by atoms with Crippen molar-refractivity contribution in [2.75, 3.05) is 26.3 Å². The van der Waals surface area contributed by atoms with Gasteiger partial charge in [-0.15, -0.1) is 0 Å². The van der Waals surface area contributed by atoms with Gasteiger partial charge in [-0.3, -0.25) is 14.3 Å². The van der Waals surface area contributed by atoms with Crippen LogP contribution in [0.15, 0.2) is 36.5 Å². The number of aromatic nitrogens is 2. The molecule has 132 valence electrons. The van der Waals surface area contributed by atoms with E-state index in [1.807, 2.05) is 31.3 Å². The van der Waals surface area contributed by atoms with E-state index in [1.165, 1.54) is 0 Å². The Morgan fingerprint density at radius 2 is 2.20 bits per heavy atom. The summed E-state index contributed by atoms with van der Waals surface area (Å²) in [7, 11) is 0. The molecule has 1 aromatic heterocycles. The van der Waals surface area contributed by atoms with Crippen molar-refractivity contribution in [1.82, 2.24) is 14.5 Å². The molecule has 25 heavy (non-hydrogen) atoms. The van der Waals surface area contributed by atoms with Gasteiger partial charge in [0.15, 0.2) is 0 Å². The smallest absolute Gasteiger partial charge is 0.313 e. The largest absolute Gasteiger partial charge is 0.481 e. The van der Waals surface area contributed by atoms with Crippen LogP contribution in [0.1, 0.15) is 17.9 Å². The summed E-state index contributed by atoms with van der Waals surface area (Å²) in [6.07, 6.45) is 2.72. The van der Waals surface area contributed by atoms with Gasteiger partial charge >= 0.3 is 5.97 Å². The number of aryl methyl sites for hydroxylation is 1. The zero-order chi connectivity index (χ0) is 17.4. The molecule has 2 saturated heterocycles. The van der Waals surface area contributed by atoms with Crippen molar-refractivity contribution >= 4 is 5.97 Å². The molecule has 0 radical (unpaired) electrons. The number of hydrogen-bond donors (Lipinski definition) is 1. The van der Waals surface area contributed by atoms with Crippen LogP contribution in [-0.2, 0) is 16.1 Å². The minimum absolute atomic E-state index is 0.160. The molecule has 2 aliphatic heterocycles. The molecule has 0 spiro atoms. The molecule has 3 heterocycles. The highest BCUT2D eigenvalue weighted by Crippen LogP contribution is 2.42. The van der Waals surface area contributed by atoms with E-state index in [2.05, 4.69) is 26.6 Å². The Morgan fingerprint density at radius 1 is 1.40 bits per heavy atom. The van der Waals surface area contributed by atoms with Crippen LogP contribution in [0.3, 0.4) is 0 Å². The van der Waals surface area contributed by atoms with Gasteiger partial charge < -0.3 is 9.84 Å². The molecule has 0 amide bonds. The number of fused-ring (bicyclic) bond motifs is 1. The molecule has 0 unspecified atom stereocenters. The Morgan fingerprint density at radius 3 is 2.92 bits per heavy atom. The number of rotatable bonds is 4. The van der Waals surface area contributed by atoms with Crippen molar-refractivity contribution < 1.29 is 14.6 Å². The van der Waals surface area contributed by atoms with Gasteiger partial charge in [0.1, 0.15) is 11.2 Å². The van der Waals surface area contributed by atoms with Gasteiger partial charge in [0.25, 0.3) is 0 Å². The predicted molar refractivity (Wildman–Crippen MR) is 92.6 cm³/mol. The standard InChI is InChI=1S/C19H23N3O3/c1-14-20-9-17(22(14)16-5-3-2-4-6-16)11-21-10-15-7-8-25-13-19(15,12-21)18(23)24/h2-6,9,15H,7-8,10-13H2,1H3,(H,23,24)/t15-,19+/m0/s1. The Bertz CT molecular complexity index is 773. The van der Waals surface area contributed by atoms with Crippen molar-refractivity contribution in [2.45, 2.75) is 19.9 Å². The molecule has 1 aromatic carbocycles. The first-order valence-electron chi connectivity index (χ1n) is 8.72. The molecule has 6 nitrogen and oxygen atoms in total. The van der Waals surface area contributed by atoms with Crippen LogP contribution >= 0.6 is 0 Å². The number of hydrogen-bond acceptors (Lipinski definition) is 4. The molecular formula is C19H23N3O3. The van der Waals surface area contributed by atoms with Crippen LogP contribution in [-0.4, -0.2) is 51.8 Å². The van der Waals surface area contributed by atoms with Gasteiger partial charge in [0.05, 0.1) is 18.5 Å². The third kappa shape index (κ3) is 2.75. The van der Waals surface area contributed by atoms with E-state index in [-0.39, 0.29) is 5.92 Å². The van der Waals surface area contributed by atoms with Gasteiger partial charge in [-0.1, -0.05) is 18.2 Å². The summed E-state index contributed by atoms with van der Waals surface area (Å²) in [5, 5.41) is 9.80. The average molecular weight is 341 g/mol. The maximum atomic E-state index is 11.9. The van der Waals surface area contributed by atoms with Crippen molar-refractivity contribution in [3.63, 3.8) is 0 Å². The third-order valence-corrected chi connectivity index (χ3v) is 5.57. The predicted octanol–water partition coefficient (Wildman–Crippen LogP) is 2.10. The number of carboxylic acids is 1. The highest BCUT2D eigenvalue weighted by atomic mass is 16.5. The van der Waals surface area contributed by atoms with E-state index in [9.17, 15) is 9.90 Å². The Balaban J connectivity index is 1.59. The molecule has 2 atom stereocenters. The lowest BCUT2D eigenvalue weighted by Gasteiger charge is -2.34. The van der Waals surface area contributed by atoms with Crippen molar-refractivity contribution in [3.8, 4) is 5.69 Å². The molecule has 4 rings (SSSR count). The molecule has 0 aliphatic carbocycles. The van der Waals surface area contributed by atoms with Gasteiger partial charge in [0, 0.05) is 31.9 Å². The van der Waals surface area contributed by atoms with Crippen molar-refractivity contribution in [1.29, 1.82) is 0 Å². The maximum Gasteiger partial charge on any atom is 0.313 e. The first-order valence-corrected chi connectivity index (χ1v) is 8.72. The Hall–Kier alpha value is -2.18. The van der Waals surface area contributed by atoms with E-state index < -0.39 is 11.4 Å². The summed E-state index contributed by atoms with van der Waals surface area (Å²) in [6, 6.07) is 10.2. The third-order valence-electron chi connectivity index (χ3n) is 5.57. The molecule has 0 bridgehead atoms. The highest BCUT2D eigenvalue weighted by molar-refractivity contribution is 5.76. The number of nitrogens with zero attached hydrogens (tertiary/aromatic N) is 3. The second kappa shape index (κ2) is 6.28. The lowest BCUT2D eigenvalue weighted by molar-refractivity contribution is -0.159. The number of carboxylic acid groups (broad SMARTS) is 1. The first-order chi connectivity index (χ1) is 12.1. The van der Waals surface area contributed by atoms with Crippen LogP contribution in [0.25, 0.3) is 5.69 Å². The summed E-state index contributed by atoms with van der Waals surface area (Å²) in [5.74, 6) is 0.370. The fourth-order valence-electron chi connectivity index (χ4n) is 4.28. The van der Waals surface area contributed by atoms with Gasteiger partial charge in [-0.25, -0.2) is 4.98 Å². The summed E-state index contributed by atoms with van der Waals surface area (Å²) in [6.45, 7) is 5.00.